The average molecular weight is 370 g/mol. The molecule has 0 saturated carbocycles. The summed E-state index contributed by atoms with van der Waals surface area (Å²) in [5.74, 6) is -0.577. The van der Waals surface area contributed by atoms with Crippen molar-refractivity contribution >= 4 is 0 Å². The van der Waals surface area contributed by atoms with Crippen LogP contribution in [0.1, 0.15) is 34.1 Å². The first-order valence-corrected chi connectivity index (χ1v) is 9.33. The van der Waals surface area contributed by atoms with Crippen LogP contribution < -0.4 is 0 Å². The minimum absolute atomic E-state index is 0.0327. The number of rotatable bonds is 5. The summed E-state index contributed by atoms with van der Waals surface area (Å²) in [6.07, 6.45) is 0. The van der Waals surface area contributed by atoms with Crippen molar-refractivity contribution < 1.29 is 8.78 Å². The molecule has 0 N–H and O–H groups in total. The van der Waals surface area contributed by atoms with E-state index < -0.39 is 0 Å². The molecule has 0 spiro atoms. The highest BCUT2D eigenvalue weighted by atomic mass is 19.1. The number of halogens is 2. The SMILES string of the molecule is Fc1ccc([C@H](c2ccccc2)[C@@H](c2ccccc2)c2ccc(F)cc2)cc1. The summed E-state index contributed by atoms with van der Waals surface area (Å²) >= 11 is 0. The molecule has 0 heterocycles. The average Bonchev–Trinajstić information content (AvgIpc) is 2.75. The Morgan fingerprint density at radius 3 is 0.964 bits per heavy atom. The lowest BCUT2D eigenvalue weighted by atomic mass is 9.74. The van der Waals surface area contributed by atoms with E-state index >= 15 is 0 Å². The third-order valence-corrected chi connectivity index (χ3v) is 5.11. The van der Waals surface area contributed by atoms with E-state index in [4.69, 9.17) is 0 Å². The molecule has 2 heteroatoms. The van der Waals surface area contributed by atoms with E-state index in [0.29, 0.717) is 0 Å². The standard InChI is InChI=1S/C26H20F2/c27-23-15-11-21(12-16-23)25(19-7-3-1-4-8-19)26(20-9-5-2-6-10-20)22-13-17-24(28)18-14-22/h1-18,25-26H/t25-,26-/m0/s1. The molecule has 138 valence electrons. The second kappa shape index (κ2) is 8.18. The molecule has 0 radical (unpaired) electrons. The first-order valence-electron chi connectivity index (χ1n) is 9.33. The molecule has 0 aliphatic carbocycles. The Bertz CT molecular complexity index is 920. The lowest BCUT2D eigenvalue weighted by Gasteiger charge is -2.29. The maximum Gasteiger partial charge on any atom is 0.123 e. The van der Waals surface area contributed by atoms with Crippen LogP contribution in [0.4, 0.5) is 8.78 Å². The van der Waals surface area contributed by atoms with Crippen molar-refractivity contribution in [2.75, 3.05) is 0 Å². The van der Waals surface area contributed by atoms with Crippen molar-refractivity contribution in [1.29, 1.82) is 0 Å². The van der Waals surface area contributed by atoms with Gasteiger partial charge in [0.05, 0.1) is 0 Å². The van der Waals surface area contributed by atoms with E-state index in [9.17, 15) is 8.78 Å². The summed E-state index contributed by atoms with van der Waals surface area (Å²) in [4.78, 5) is 0. The van der Waals surface area contributed by atoms with Gasteiger partial charge in [-0.15, -0.1) is 0 Å². The lowest BCUT2D eigenvalue weighted by Crippen LogP contribution is -2.15. The topological polar surface area (TPSA) is 0 Å². The molecule has 0 amide bonds. The van der Waals surface area contributed by atoms with Crippen LogP contribution in [0.3, 0.4) is 0 Å². The van der Waals surface area contributed by atoms with Crippen molar-refractivity contribution in [3.63, 3.8) is 0 Å². The van der Waals surface area contributed by atoms with Gasteiger partial charge in [-0.2, -0.15) is 0 Å². The molecule has 28 heavy (non-hydrogen) atoms. The minimum atomic E-state index is -0.256. The zero-order valence-electron chi connectivity index (χ0n) is 15.3. The van der Waals surface area contributed by atoms with Crippen molar-refractivity contribution in [2.24, 2.45) is 0 Å². The van der Waals surface area contributed by atoms with E-state index in [1.54, 1.807) is 0 Å². The van der Waals surface area contributed by atoms with Gasteiger partial charge in [-0.05, 0) is 46.5 Å². The Labute approximate surface area is 164 Å². The Morgan fingerprint density at radius 2 is 0.643 bits per heavy atom. The Hall–Kier alpha value is -3.26. The zero-order chi connectivity index (χ0) is 19.3. The van der Waals surface area contributed by atoms with Crippen LogP contribution in [-0.4, -0.2) is 0 Å². The van der Waals surface area contributed by atoms with Crippen molar-refractivity contribution in [2.45, 2.75) is 11.8 Å². The first kappa shape index (κ1) is 18.1. The van der Waals surface area contributed by atoms with Gasteiger partial charge in [0.15, 0.2) is 0 Å². The van der Waals surface area contributed by atoms with Crippen molar-refractivity contribution in [1.82, 2.24) is 0 Å². The fourth-order valence-electron chi connectivity index (χ4n) is 3.82. The summed E-state index contributed by atoms with van der Waals surface area (Å²) in [6, 6.07) is 33.7. The van der Waals surface area contributed by atoms with Crippen LogP contribution in [0.5, 0.6) is 0 Å². The van der Waals surface area contributed by atoms with Gasteiger partial charge in [0.1, 0.15) is 11.6 Å². The van der Waals surface area contributed by atoms with Gasteiger partial charge in [0, 0.05) is 11.8 Å². The Morgan fingerprint density at radius 1 is 0.357 bits per heavy atom. The normalized spacial score (nSPS) is 13.1. The lowest BCUT2D eigenvalue weighted by molar-refractivity contribution is 0.620. The summed E-state index contributed by atoms with van der Waals surface area (Å²) in [7, 11) is 0. The van der Waals surface area contributed by atoms with Gasteiger partial charge < -0.3 is 0 Å². The van der Waals surface area contributed by atoms with Crippen LogP contribution in [0.25, 0.3) is 0 Å². The van der Waals surface area contributed by atoms with Gasteiger partial charge in [-0.3, -0.25) is 0 Å². The molecule has 0 aliphatic heterocycles. The molecule has 0 aliphatic rings. The quantitative estimate of drug-likeness (QED) is 0.357. The van der Waals surface area contributed by atoms with E-state index in [1.165, 1.54) is 24.3 Å². The van der Waals surface area contributed by atoms with Gasteiger partial charge in [0.25, 0.3) is 0 Å². The Balaban J connectivity index is 1.93. The summed E-state index contributed by atoms with van der Waals surface area (Å²) in [5.41, 5.74) is 4.30. The molecule has 0 fully saturated rings. The van der Waals surface area contributed by atoms with Crippen molar-refractivity contribution in [3.05, 3.63) is 143 Å². The predicted octanol–water partition coefficient (Wildman–Crippen LogP) is 6.93. The van der Waals surface area contributed by atoms with Gasteiger partial charge in [-0.25, -0.2) is 8.78 Å². The largest absolute Gasteiger partial charge is 0.207 e. The fourth-order valence-corrected chi connectivity index (χ4v) is 3.82. The van der Waals surface area contributed by atoms with E-state index in [-0.39, 0.29) is 23.5 Å². The fraction of sp³-hybridized carbons (Fsp3) is 0.0769. The van der Waals surface area contributed by atoms with Crippen molar-refractivity contribution in [3.8, 4) is 0 Å². The second-order valence-corrected chi connectivity index (χ2v) is 6.88. The van der Waals surface area contributed by atoms with Gasteiger partial charge in [0.2, 0.25) is 0 Å². The third-order valence-electron chi connectivity index (χ3n) is 5.11. The van der Waals surface area contributed by atoms with E-state index in [0.717, 1.165) is 22.3 Å². The molecule has 4 aromatic carbocycles. The van der Waals surface area contributed by atoms with Crippen LogP contribution in [0.2, 0.25) is 0 Å². The monoisotopic (exact) mass is 370 g/mol. The zero-order valence-corrected chi connectivity index (χ0v) is 15.3. The van der Waals surface area contributed by atoms with E-state index in [1.807, 2.05) is 60.7 Å². The number of benzene rings is 4. The van der Waals surface area contributed by atoms with Crippen LogP contribution in [0.15, 0.2) is 109 Å². The van der Waals surface area contributed by atoms with Crippen LogP contribution >= 0.6 is 0 Å². The van der Waals surface area contributed by atoms with Gasteiger partial charge in [-0.1, -0.05) is 84.9 Å². The first-order chi connectivity index (χ1) is 13.7. The number of hydrogen-bond acceptors (Lipinski definition) is 0. The molecule has 0 aromatic heterocycles. The number of hydrogen-bond donors (Lipinski definition) is 0. The molecule has 2 atom stereocenters. The summed E-state index contributed by atoms with van der Waals surface area (Å²) in [5, 5.41) is 0. The molecular weight excluding hydrogens is 350 g/mol. The summed E-state index contributed by atoms with van der Waals surface area (Å²) < 4.78 is 27.2. The molecule has 0 nitrogen and oxygen atoms in total. The molecule has 4 aromatic rings. The molecule has 0 bridgehead atoms. The van der Waals surface area contributed by atoms with Crippen LogP contribution in [0, 0.1) is 11.6 Å². The maximum absolute atomic E-state index is 13.6. The second-order valence-electron chi connectivity index (χ2n) is 6.88. The predicted molar refractivity (Wildman–Crippen MR) is 109 cm³/mol. The molecular formula is C26H20F2. The molecule has 0 saturated heterocycles. The smallest absolute Gasteiger partial charge is 0.123 e. The van der Waals surface area contributed by atoms with E-state index in [2.05, 4.69) is 24.3 Å². The maximum atomic E-state index is 13.6. The molecule has 4 rings (SSSR count). The Kier molecular flexibility index (Phi) is 5.29. The highest BCUT2D eigenvalue weighted by Crippen LogP contribution is 2.42. The highest BCUT2D eigenvalue weighted by Gasteiger charge is 2.28. The summed E-state index contributed by atoms with van der Waals surface area (Å²) in [6.45, 7) is 0. The van der Waals surface area contributed by atoms with Crippen LogP contribution in [-0.2, 0) is 0 Å². The molecule has 0 unspecified atom stereocenters. The highest BCUT2D eigenvalue weighted by molar-refractivity contribution is 5.44. The minimum Gasteiger partial charge on any atom is -0.207 e. The van der Waals surface area contributed by atoms with Gasteiger partial charge >= 0.3 is 0 Å². The third kappa shape index (κ3) is 3.86.